The van der Waals surface area contributed by atoms with E-state index in [1.807, 2.05) is 7.05 Å². The molecule has 90 valence electrons. The number of thioether (sulfide) groups is 1. The number of aliphatic hydroxyl groups excluding tert-OH is 1. The number of halogens is 1. The first kappa shape index (κ1) is 14.0. The van der Waals surface area contributed by atoms with E-state index in [9.17, 15) is 0 Å². The van der Waals surface area contributed by atoms with Crippen molar-refractivity contribution in [2.24, 2.45) is 0 Å². The normalized spacial score (nSPS) is 12.8. The van der Waals surface area contributed by atoms with Gasteiger partial charge in [-0.1, -0.05) is 28.9 Å². The van der Waals surface area contributed by atoms with Crippen molar-refractivity contribution in [2.75, 3.05) is 13.7 Å². The number of rotatable bonds is 6. The van der Waals surface area contributed by atoms with Crippen LogP contribution in [0.25, 0.3) is 0 Å². The molecule has 0 heterocycles. The Balaban J connectivity index is 2.65. The molecule has 0 aromatic heterocycles. The summed E-state index contributed by atoms with van der Waals surface area (Å²) in [6.45, 7) is 3.27. The highest BCUT2D eigenvalue weighted by Gasteiger charge is 2.06. The van der Waals surface area contributed by atoms with Crippen molar-refractivity contribution in [1.29, 1.82) is 0 Å². The summed E-state index contributed by atoms with van der Waals surface area (Å²) in [6.07, 6.45) is 0.834. The van der Waals surface area contributed by atoms with Crippen molar-refractivity contribution in [3.8, 4) is 0 Å². The molecule has 2 nitrogen and oxygen atoms in total. The van der Waals surface area contributed by atoms with Gasteiger partial charge in [-0.2, -0.15) is 0 Å². The van der Waals surface area contributed by atoms with Crippen LogP contribution in [0.4, 0.5) is 0 Å². The zero-order valence-electron chi connectivity index (χ0n) is 9.66. The monoisotopic (exact) mass is 303 g/mol. The zero-order valence-corrected chi connectivity index (χ0v) is 12.1. The molecular formula is C12H18BrNOS. The molecule has 0 spiro atoms. The van der Waals surface area contributed by atoms with Gasteiger partial charge in [-0.15, -0.1) is 11.8 Å². The van der Waals surface area contributed by atoms with Crippen molar-refractivity contribution in [2.45, 2.75) is 30.0 Å². The average molecular weight is 304 g/mol. The van der Waals surface area contributed by atoms with Gasteiger partial charge < -0.3 is 10.4 Å². The molecular weight excluding hydrogens is 286 g/mol. The summed E-state index contributed by atoms with van der Waals surface area (Å²) in [5.74, 6) is 0. The molecule has 0 radical (unpaired) electrons. The van der Waals surface area contributed by atoms with Crippen LogP contribution in [0.1, 0.15) is 18.9 Å². The van der Waals surface area contributed by atoms with Gasteiger partial charge in [0.2, 0.25) is 0 Å². The van der Waals surface area contributed by atoms with Gasteiger partial charge in [-0.3, -0.25) is 0 Å². The van der Waals surface area contributed by atoms with E-state index in [-0.39, 0.29) is 6.61 Å². The first-order chi connectivity index (χ1) is 7.67. The Morgan fingerprint density at radius 1 is 1.50 bits per heavy atom. The van der Waals surface area contributed by atoms with Crippen molar-refractivity contribution in [3.05, 3.63) is 28.2 Å². The third-order valence-electron chi connectivity index (χ3n) is 2.26. The maximum absolute atomic E-state index is 8.85. The minimum Gasteiger partial charge on any atom is -0.396 e. The van der Waals surface area contributed by atoms with Gasteiger partial charge in [-0.05, 0) is 31.2 Å². The molecule has 2 N–H and O–H groups in total. The largest absolute Gasteiger partial charge is 0.396 e. The molecule has 0 saturated heterocycles. The van der Waals surface area contributed by atoms with Crippen LogP contribution in [0.3, 0.4) is 0 Å². The lowest BCUT2D eigenvalue weighted by Gasteiger charge is -2.11. The number of hydrogen-bond donors (Lipinski definition) is 2. The van der Waals surface area contributed by atoms with Gasteiger partial charge in [0.1, 0.15) is 0 Å². The fourth-order valence-electron chi connectivity index (χ4n) is 1.41. The van der Waals surface area contributed by atoms with Crippen LogP contribution in [0.5, 0.6) is 0 Å². The summed E-state index contributed by atoms with van der Waals surface area (Å²) < 4.78 is 1.14. The quantitative estimate of drug-likeness (QED) is 0.792. The summed E-state index contributed by atoms with van der Waals surface area (Å²) >= 11 is 5.37. The number of hydrogen-bond acceptors (Lipinski definition) is 3. The van der Waals surface area contributed by atoms with E-state index >= 15 is 0 Å². The van der Waals surface area contributed by atoms with E-state index in [4.69, 9.17) is 5.11 Å². The van der Waals surface area contributed by atoms with E-state index in [0.29, 0.717) is 5.25 Å². The number of aliphatic hydroxyl groups is 1. The van der Waals surface area contributed by atoms with Crippen LogP contribution in [-0.2, 0) is 6.54 Å². The predicted octanol–water partition coefficient (Wildman–Crippen LogP) is 3.03. The van der Waals surface area contributed by atoms with Gasteiger partial charge in [0.25, 0.3) is 0 Å². The summed E-state index contributed by atoms with van der Waals surface area (Å²) in [6, 6.07) is 6.41. The van der Waals surface area contributed by atoms with E-state index in [1.54, 1.807) is 11.8 Å². The number of nitrogens with one attached hydrogen (secondary N) is 1. The molecule has 4 heteroatoms. The molecule has 1 unspecified atom stereocenters. The van der Waals surface area contributed by atoms with Gasteiger partial charge in [-0.25, -0.2) is 0 Å². The molecule has 0 aliphatic carbocycles. The molecule has 0 aliphatic heterocycles. The Kier molecular flexibility index (Phi) is 6.43. The fourth-order valence-corrected chi connectivity index (χ4v) is 3.10. The molecule has 16 heavy (non-hydrogen) atoms. The summed E-state index contributed by atoms with van der Waals surface area (Å²) in [4.78, 5) is 1.24. The second kappa shape index (κ2) is 7.33. The molecule has 0 amide bonds. The Morgan fingerprint density at radius 3 is 2.81 bits per heavy atom. The zero-order chi connectivity index (χ0) is 12.0. The summed E-state index contributed by atoms with van der Waals surface area (Å²) in [5.41, 5.74) is 1.27. The molecule has 1 aromatic rings. The number of benzene rings is 1. The third kappa shape index (κ3) is 4.45. The molecule has 0 aliphatic rings. The molecule has 0 bridgehead atoms. The molecule has 1 rings (SSSR count). The topological polar surface area (TPSA) is 32.3 Å². The Hall–Kier alpha value is -0.0300. The maximum Gasteiger partial charge on any atom is 0.0441 e. The van der Waals surface area contributed by atoms with E-state index in [1.165, 1.54) is 10.5 Å². The van der Waals surface area contributed by atoms with E-state index in [0.717, 1.165) is 17.4 Å². The standard InChI is InChI=1S/C12H18BrNOS/c1-9(5-6-15)16-11-4-3-10(8-14-2)12(13)7-11/h3-4,7,9,14-15H,5-6,8H2,1-2H3. The van der Waals surface area contributed by atoms with Crippen LogP contribution < -0.4 is 5.32 Å². The minimum absolute atomic E-state index is 0.257. The van der Waals surface area contributed by atoms with Gasteiger partial charge in [0, 0.05) is 27.8 Å². The van der Waals surface area contributed by atoms with Crippen molar-refractivity contribution in [1.82, 2.24) is 5.32 Å². The van der Waals surface area contributed by atoms with Crippen LogP contribution in [0.2, 0.25) is 0 Å². The highest BCUT2D eigenvalue weighted by Crippen LogP contribution is 2.29. The minimum atomic E-state index is 0.257. The van der Waals surface area contributed by atoms with Gasteiger partial charge in [0.15, 0.2) is 0 Å². The highest BCUT2D eigenvalue weighted by molar-refractivity contribution is 9.10. The molecule has 1 aromatic carbocycles. The first-order valence-corrected chi connectivity index (χ1v) is 7.05. The van der Waals surface area contributed by atoms with Crippen LogP contribution in [-0.4, -0.2) is 24.0 Å². The fraction of sp³-hybridized carbons (Fsp3) is 0.500. The van der Waals surface area contributed by atoms with Crippen LogP contribution in [0, 0.1) is 0 Å². The van der Waals surface area contributed by atoms with Crippen molar-refractivity contribution >= 4 is 27.7 Å². The highest BCUT2D eigenvalue weighted by atomic mass is 79.9. The summed E-state index contributed by atoms with van der Waals surface area (Å²) in [7, 11) is 1.94. The molecule has 0 fully saturated rings. The van der Waals surface area contributed by atoms with Crippen LogP contribution >= 0.6 is 27.7 Å². The van der Waals surface area contributed by atoms with E-state index < -0.39 is 0 Å². The van der Waals surface area contributed by atoms with Gasteiger partial charge in [0.05, 0.1) is 0 Å². The Morgan fingerprint density at radius 2 is 2.25 bits per heavy atom. The lowest BCUT2D eigenvalue weighted by molar-refractivity contribution is 0.289. The Labute approximate surface area is 110 Å². The molecule has 1 atom stereocenters. The second-order valence-corrected chi connectivity index (χ2v) is 6.09. The average Bonchev–Trinajstić information content (AvgIpc) is 2.22. The van der Waals surface area contributed by atoms with Gasteiger partial charge >= 0.3 is 0 Å². The van der Waals surface area contributed by atoms with E-state index in [2.05, 4.69) is 46.4 Å². The smallest absolute Gasteiger partial charge is 0.0441 e. The lowest BCUT2D eigenvalue weighted by Crippen LogP contribution is -2.05. The SMILES string of the molecule is CNCc1ccc(SC(C)CCO)cc1Br. The van der Waals surface area contributed by atoms with Crippen LogP contribution in [0.15, 0.2) is 27.6 Å². The third-order valence-corrected chi connectivity index (χ3v) is 4.17. The maximum atomic E-state index is 8.85. The Bertz CT molecular complexity index is 333. The van der Waals surface area contributed by atoms with Crippen molar-refractivity contribution < 1.29 is 5.11 Å². The molecule has 0 saturated carbocycles. The first-order valence-electron chi connectivity index (χ1n) is 5.38. The predicted molar refractivity (Wildman–Crippen MR) is 73.9 cm³/mol. The second-order valence-electron chi connectivity index (χ2n) is 3.72. The summed E-state index contributed by atoms with van der Waals surface area (Å²) in [5, 5.41) is 12.4. The van der Waals surface area contributed by atoms with Crippen molar-refractivity contribution in [3.63, 3.8) is 0 Å². The lowest BCUT2D eigenvalue weighted by atomic mass is 10.2.